The molecule has 2 rings (SSSR count). The van der Waals surface area contributed by atoms with Crippen molar-refractivity contribution in [3.8, 4) is 0 Å². The summed E-state index contributed by atoms with van der Waals surface area (Å²) >= 11 is 0. The number of imidazole rings is 1. The third kappa shape index (κ3) is 2.79. The Morgan fingerprint density at radius 1 is 1.50 bits per heavy atom. The number of hydrogen-bond acceptors (Lipinski definition) is 6. The van der Waals surface area contributed by atoms with E-state index in [4.69, 9.17) is 10.5 Å². The fraction of sp³-hybridized carbons (Fsp3) is 0.500. The zero-order chi connectivity index (χ0) is 14.7. The van der Waals surface area contributed by atoms with Crippen molar-refractivity contribution in [2.45, 2.75) is 26.8 Å². The molecule has 0 radical (unpaired) electrons. The lowest BCUT2D eigenvalue weighted by Gasteiger charge is -2.06. The number of anilines is 1. The van der Waals surface area contributed by atoms with E-state index >= 15 is 0 Å². The van der Waals surface area contributed by atoms with Crippen LogP contribution in [0.1, 0.15) is 29.1 Å². The monoisotopic (exact) mass is 278 g/mol. The van der Waals surface area contributed by atoms with Crippen LogP contribution < -0.4 is 5.73 Å². The Morgan fingerprint density at radius 3 is 2.85 bits per heavy atom. The van der Waals surface area contributed by atoms with Gasteiger partial charge in [-0.2, -0.15) is 5.10 Å². The van der Waals surface area contributed by atoms with Crippen molar-refractivity contribution >= 4 is 11.8 Å². The molecule has 0 atom stereocenters. The van der Waals surface area contributed by atoms with E-state index in [1.807, 2.05) is 7.05 Å². The molecule has 8 nitrogen and oxygen atoms in total. The van der Waals surface area contributed by atoms with Gasteiger partial charge in [-0.15, -0.1) is 0 Å². The molecule has 2 aromatic rings. The Bertz CT molecular complexity index is 615. The molecule has 0 bridgehead atoms. The Kier molecular flexibility index (Phi) is 4.02. The molecule has 0 unspecified atom stereocenters. The van der Waals surface area contributed by atoms with Crippen LogP contribution in [0.5, 0.6) is 0 Å². The van der Waals surface area contributed by atoms with Crippen LogP contribution in [-0.2, 0) is 24.8 Å². The van der Waals surface area contributed by atoms with Crippen molar-refractivity contribution in [1.29, 1.82) is 0 Å². The van der Waals surface area contributed by atoms with Gasteiger partial charge >= 0.3 is 5.97 Å². The molecule has 20 heavy (non-hydrogen) atoms. The first-order chi connectivity index (χ1) is 9.52. The van der Waals surface area contributed by atoms with E-state index in [0.29, 0.717) is 31.2 Å². The average molecular weight is 278 g/mol. The summed E-state index contributed by atoms with van der Waals surface area (Å²) in [5.74, 6) is 1.21. The van der Waals surface area contributed by atoms with Gasteiger partial charge in [-0.25, -0.2) is 14.8 Å². The predicted molar refractivity (Wildman–Crippen MR) is 72.0 cm³/mol. The maximum atomic E-state index is 11.7. The van der Waals surface area contributed by atoms with Crippen molar-refractivity contribution < 1.29 is 9.53 Å². The summed E-state index contributed by atoms with van der Waals surface area (Å²) in [6.45, 7) is 4.39. The zero-order valence-corrected chi connectivity index (χ0v) is 11.8. The lowest BCUT2D eigenvalue weighted by molar-refractivity contribution is 0.0521. The van der Waals surface area contributed by atoms with Gasteiger partial charge < -0.3 is 15.0 Å². The SMILES string of the molecule is CCOC(=O)c1nc(C)n(CCc2ncn(C)n2)c1N. The van der Waals surface area contributed by atoms with Crippen LogP contribution in [0.25, 0.3) is 0 Å². The van der Waals surface area contributed by atoms with Gasteiger partial charge in [-0.1, -0.05) is 0 Å². The van der Waals surface area contributed by atoms with Gasteiger partial charge in [0.05, 0.1) is 6.61 Å². The first-order valence-electron chi connectivity index (χ1n) is 6.37. The van der Waals surface area contributed by atoms with Gasteiger partial charge in [-0.05, 0) is 13.8 Å². The summed E-state index contributed by atoms with van der Waals surface area (Å²) in [5, 5.41) is 4.20. The number of carbonyl (C=O) groups is 1. The first-order valence-corrected chi connectivity index (χ1v) is 6.37. The minimum Gasteiger partial charge on any atom is -0.461 e. The van der Waals surface area contributed by atoms with E-state index < -0.39 is 5.97 Å². The van der Waals surface area contributed by atoms with Gasteiger partial charge in [0.15, 0.2) is 11.5 Å². The molecule has 0 fully saturated rings. The van der Waals surface area contributed by atoms with E-state index in [0.717, 1.165) is 5.82 Å². The van der Waals surface area contributed by atoms with Crippen LogP contribution in [0.4, 0.5) is 5.82 Å². The molecule has 2 aromatic heterocycles. The molecule has 8 heteroatoms. The van der Waals surface area contributed by atoms with Crippen molar-refractivity contribution in [3.05, 3.63) is 23.7 Å². The highest BCUT2D eigenvalue weighted by atomic mass is 16.5. The van der Waals surface area contributed by atoms with Gasteiger partial charge in [0.2, 0.25) is 0 Å². The molecular weight excluding hydrogens is 260 g/mol. The van der Waals surface area contributed by atoms with Crippen LogP contribution >= 0.6 is 0 Å². The second-order valence-electron chi connectivity index (χ2n) is 4.35. The number of aryl methyl sites for hydroxylation is 3. The number of carbonyl (C=O) groups excluding carboxylic acids is 1. The van der Waals surface area contributed by atoms with E-state index in [1.165, 1.54) is 0 Å². The summed E-state index contributed by atoms with van der Waals surface area (Å²) in [7, 11) is 1.81. The molecule has 108 valence electrons. The smallest absolute Gasteiger partial charge is 0.360 e. The maximum Gasteiger partial charge on any atom is 0.360 e. The van der Waals surface area contributed by atoms with Crippen LogP contribution in [0.15, 0.2) is 6.33 Å². The van der Waals surface area contributed by atoms with Crippen molar-refractivity contribution in [1.82, 2.24) is 24.3 Å². The van der Waals surface area contributed by atoms with Crippen LogP contribution in [0.2, 0.25) is 0 Å². The molecule has 0 aliphatic rings. The second kappa shape index (κ2) is 5.72. The lowest BCUT2D eigenvalue weighted by Crippen LogP contribution is -2.11. The predicted octanol–water partition coefficient (Wildman–Crippen LogP) is 0.322. The van der Waals surface area contributed by atoms with Crippen LogP contribution in [0.3, 0.4) is 0 Å². The summed E-state index contributed by atoms with van der Waals surface area (Å²) in [6.07, 6.45) is 2.26. The van der Waals surface area contributed by atoms with Crippen LogP contribution in [-0.4, -0.2) is 36.9 Å². The molecule has 0 spiro atoms. The van der Waals surface area contributed by atoms with E-state index in [-0.39, 0.29) is 5.69 Å². The van der Waals surface area contributed by atoms with Crippen molar-refractivity contribution in [3.63, 3.8) is 0 Å². The largest absolute Gasteiger partial charge is 0.461 e. The summed E-state index contributed by atoms with van der Waals surface area (Å²) in [4.78, 5) is 20.0. The molecule has 2 heterocycles. The van der Waals surface area contributed by atoms with Crippen LogP contribution in [0, 0.1) is 6.92 Å². The highest BCUT2D eigenvalue weighted by Gasteiger charge is 2.19. The van der Waals surface area contributed by atoms with Gasteiger partial charge in [0.1, 0.15) is 18.0 Å². The van der Waals surface area contributed by atoms with Gasteiger partial charge in [-0.3, -0.25) is 4.68 Å². The lowest BCUT2D eigenvalue weighted by atomic mass is 10.4. The third-order valence-electron chi connectivity index (χ3n) is 2.87. The number of aromatic nitrogens is 5. The standard InChI is InChI=1S/C12H18N6O2/c1-4-20-12(19)10-11(13)18(8(2)15-10)6-5-9-14-7-17(3)16-9/h7H,4-6,13H2,1-3H3. The third-order valence-corrected chi connectivity index (χ3v) is 2.87. The second-order valence-corrected chi connectivity index (χ2v) is 4.35. The average Bonchev–Trinajstić information content (AvgIpc) is 2.92. The van der Waals surface area contributed by atoms with Crippen molar-refractivity contribution in [2.75, 3.05) is 12.3 Å². The quantitative estimate of drug-likeness (QED) is 0.790. The molecule has 0 aromatic carbocycles. The summed E-state index contributed by atoms with van der Waals surface area (Å²) < 4.78 is 8.33. The molecule has 0 amide bonds. The summed E-state index contributed by atoms with van der Waals surface area (Å²) in [6, 6.07) is 0. The topological polar surface area (TPSA) is 101 Å². The molecule has 0 saturated heterocycles. The molecular formula is C12H18N6O2. The molecule has 0 saturated carbocycles. The fourth-order valence-electron chi connectivity index (χ4n) is 1.92. The minimum atomic E-state index is -0.497. The highest BCUT2D eigenvalue weighted by molar-refractivity contribution is 5.92. The van der Waals surface area contributed by atoms with E-state index in [9.17, 15) is 4.79 Å². The highest BCUT2D eigenvalue weighted by Crippen LogP contribution is 2.15. The maximum absolute atomic E-state index is 11.7. The normalized spacial score (nSPS) is 10.8. The number of hydrogen-bond donors (Lipinski definition) is 1. The fourth-order valence-corrected chi connectivity index (χ4v) is 1.92. The number of esters is 1. The Hall–Kier alpha value is -2.38. The summed E-state index contributed by atoms with van der Waals surface area (Å²) in [5.41, 5.74) is 6.12. The van der Waals surface area contributed by atoms with Gasteiger partial charge in [0, 0.05) is 20.0 Å². The van der Waals surface area contributed by atoms with Gasteiger partial charge in [0.25, 0.3) is 0 Å². The number of rotatable bonds is 5. The number of nitrogens with two attached hydrogens (primary N) is 1. The first kappa shape index (κ1) is 14.0. The van der Waals surface area contributed by atoms with E-state index in [2.05, 4.69) is 15.1 Å². The zero-order valence-electron chi connectivity index (χ0n) is 11.8. The molecule has 0 aliphatic carbocycles. The molecule has 2 N–H and O–H groups in total. The number of ether oxygens (including phenoxy) is 1. The van der Waals surface area contributed by atoms with Crippen molar-refractivity contribution in [2.24, 2.45) is 7.05 Å². The van der Waals surface area contributed by atoms with E-state index in [1.54, 1.807) is 29.4 Å². The number of nitrogens with zero attached hydrogens (tertiary/aromatic N) is 5. The Morgan fingerprint density at radius 2 is 2.25 bits per heavy atom. The minimum absolute atomic E-state index is 0.165. The number of nitrogen functional groups attached to an aromatic ring is 1. The Labute approximate surface area is 116 Å². The Balaban J connectivity index is 2.14. The molecule has 0 aliphatic heterocycles.